The minimum atomic E-state index is 0.635. The molecule has 1 unspecified atom stereocenters. The molecule has 1 aromatic rings. The van der Waals surface area contributed by atoms with Crippen LogP contribution in [0, 0.1) is 5.41 Å². The Bertz CT molecular complexity index is 315. The lowest BCUT2D eigenvalue weighted by Crippen LogP contribution is -2.13. The fourth-order valence-electron chi connectivity index (χ4n) is 1.85. The summed E-state index contributed by atoms with van der Waals surface area (Å²) in [6.45, 7) is 2.24. The number of nitrogens with one attached hydrogen (secondary N) is 1. The molecule has 1 heteroatoms. The topological polar surface area (TPSA) is 23.9 Å². The van der Waals surface area contributed by atoms with E-state index in [0.717, 1.165) is 24.1 Å². The zero-order valence-corrected chi connectivity index (χ0v) is 7.30. The Balaban J connectivity index is 2.55. The third-order valence-corrected chi connectivity index (χ3v) is 2.64. The molecule has 1 aliphatic rings. The number of rotatable bonds is 0. The van der Waals surface area contributed by atoms with E-state index in [2.05, 4.69) is 25.1 Å². The first-order valence-corrected chi connectivity index (χ1v) is 4.46. The molecule has 2 rings (SSSR count). The Morgan fingerprint density at radius 3 is 2.83 bits per heavy atom. The highest BCUT2D eigenvalue weighted by molar-refractivity contribution is 6.00. The summed E-state index contributed by atoms with van der Waals surface area (Å²) in [4.78, 5) is 0. The van der Waals surface area contributed by atoms with Gasteiger partial charge in [-0.05, 0) is 29.9 Å². The molecule has 1 aliphatic carbocycles. The minimum absolute atomic E-state index is 0.635. The van der Waals surface area contributed by atoms with E-state index in [0.29, 0.717) is 5.92 Å². The maximum Gasteiger partial charge on any atom is 0.0389 e. The Hall–Kier alpha value is -1.11. The van der Waals surface area contributed by atoms with Gasteiger partial charge in [0.2, 0.25) is 0 Å². The van der Waals surface area contributed by atoms with Crippen molar-refractivity contribution in [2.24, 2.45) is 0 Å². The van der Waals surface area contributed by atoms with Crippen molar-refractivity contribution >= 4 is 5.71 Å². The van der Waals surface area contributed by atoms with Crippen LogP contribution in [-0.2, 0) is 0 Å². The fraction of sp³-hybridized carbons (Fsp3) is 0.364. The third-order valence-electron chi connectivity index (χ3n) is 2.64. The highest BCUT2D eigenvalue weighted by Crippen LogP contribution is 2.30. The summed E-state index contributed by atoms with van der Waals surface area (Å²) in [7, 11) is 0. The summed E-state index contributed by atoms with van der Waals surface area (Å²) < 4.78 is 0. The summed E-state index contributed by atoms with van der Waals surface area (Å²) in [5.41, 5.74) is 3.33. The second-order valence-electron chi connectivity index (χ2n) is 3.51. The predicted octanol–water partition coefficient (Wildman–Crippen LogP) is 2.95. The molecule has 1 atom stereocenters. The molecule has 1 aromatic carbocycles. The molecule has 0 spiro atoms. The monoisotopic (exact) mass is 159 g/mol. The van der Waals surface area contributed by atoms with Gasteiger partial charge >= 0.3 is 0 Å². The highest BCUT2D eigenvalue weighted by atomic mass is 14.4. The average Bonchev–Trinajstić information content (AvgIpc) is 2.12. The summed E-state index contributed by atoms with van der Waals surface area (Å²) >= 11 is 0. The second-order valence-corrected chi connectivity index (χ2v) is 3.51. The van der Waals surface area contributed by atoms with Crippen molar-refractivity contribution in [1.29, 1.82) is 5.41 Å². The maximum absolute atomic E-state index is 7.76. The van der Waals surface area contributed by atoms with Crippen LogP contribution in [0.3, 0.4) is 0 Å². The van der Waals surface area contributed by atoms with Crippen LogP contribution in [0.4, 0.5) is 0 Å². The molecule has 12 heavy (non-hydrogen) atoms. The van der Waals surface area contributed by atoms with E-state index in [1.54, 1.807) is 0 Å². The quantitative estimate of drug-likeness (QED) is 0.601. The smallest absolute Gasteiger partial charge is 0.0389 e. The standard InChI is InChI=1S/C11H13N/c1-8-6-7-11(12)10-5-3-2-4-9(8)10/h2-5,8,12H,6-7H2,1H3. The van der Waals surface area contributed by atoms with Gasteiger partial charge < -0.3 is 5.41 Å². The summed E-state index contributed by atoms with van der Waals surface area (Å²) in [6, 6.07) is 8.29. The van der Waals surface area contributed by atoms with Gasteiger partial charge in [0.1, 0.15) is 0 Å². The van der Waals surface area contributed by atoms with Crippen LogP contribution in [0.2, 0.25) is 0 Å². The van der Waals surface area contributed by atoms with Crippen molar-refractivity contribution in [3.63, 3.8) is 0 Å². The first-order valence-electron chi connectivity index (χ1n) is 4.46. The number of hydrogen-bond donors (Lipinski definition) is 1. The molecule has 0 aliphatic heterocycles. The van der Waals surface area contributed by atoms with Gasteiger partial charge in [0, 0.05) is 5.71 Å². The highest BCUT2D eigenvalue weighted by Gasteiger charge is 2.18. The zero-order chi connectivity index (χ0) is 8.55. The van der Waals surface area contributed by atoms with Crippen LogP contribution in [0.5, 0.6) is 0 Å². The predicted molar refractivity (Wildman–Crippen MR) is 50.9 cm³/mol. The summed E-state index contributed by atoms with van der Waals surface area (Å²) in [6.07, 6.45) is 2.08. The van der Waals surface area contributed by atoms with E-state index < -0.39 is 0 Å². The molecule has 0 bridgehead atoms. The van der Waals surface area contributed by atoms with Crippen LogP contribution >= 0.6 is 0 Å². The number of hydrogen-bond acceptors (Lipinski definition) is 1. The van der Waals surface area contributed by atoms with E-state index >= 15 is 0 Å². The first kappa shape index (κ1) is 7.53. The van der Waals surface area contributed by atoms with Crippen LogP contribution in [0.25, 0.3) is 0 Å². The average molecular weight is 159 g/mol. The number of benzene rings is 1. The molecule has 1 nitrogen and oxygen atoms in total. The van der Waals surface area contributed by atoms with Gasteiger partial charge in [-0.1, -0.05) is 31.2 Å². The second kappa shape index (κ2) is 2.74. The Morgan fingerprint density at radius 2 is 2.08 bits per heavy atom. The third kappa shape index (κ3) is 1.06. The molecule has 0 saturated heterocycles. The largest absolute Gasteiger partial charge is 0.305 e. The molecule has 1 N–H and O–H groups in total. The molecule has 0 saturated carbocycles. The molecular formula is C11H13N. The van der Waals surface area contributed by atoms with Gasteiger partial charge in [-0.2, -0.15) is 0 Å². The van der Waals surface area contributed by atoms with Crippen molar-refractivity contribution in [2.75, 3.05) is 0 Å². The van der Waals surface area contributed by atoms with E-state index in [1.165, 1.54) is 5.56 Å². The van der Waals surface area contributed by atoms with Crippen molar-refractivity contribution in [3.8, 4) is 0 Å². The molecular weight excluding hydrogens is 146 g/mol. The van der Waals surface area contributed by atoms with E-state index in [9.17, 15) is 0 Å². The van der Waals surface area contributed by atoms with Crippen molar-refractivity contribution in [3.05, 3.63) is 35.4 Å². The molecule has 0 amide bonds. The fourth-order valence-corrected chi connectivity index (χ4v) is 1.85. The van der Waals surface area contributed by atoms with E-state index in [4.69, 9.17) is 5.41 Å². The lowest BCUT2D eigenvalue weighted by molar-refractivity contribution is 0.683. The van der Waals surface area contributed by atoms with Crippen LogP contribution in [0.15, 0.2) is 24.3 Å². The Kier molecular flexibility index (Phi) is 1.72. The van der Waals surface area contributed by atoms with Gasteiger partial charge in [-0.15, -0.1) is 0 Å². The summed E-state index contributed by atoms with van der Waals surface area (Å²) in [5, 5.41) is 7.76. The first-order chi connectivity index (χ1) is 5.79. The van der Waals surface area contributed by atoms with Crippen molar-refractivity contribution in [2.45, 2.75) is 25.7 Å². The van der Waals surface area contributed by atoms with Crippen LogP contribution < -0.4 is 0 Å². The van der Waals surface area contributed by atoms with Crippen molar-refractivity contribution in [1.82, 2.24) is 0 Å². The zero-order valence-electron chi connectivity index (χ0n) is 7.30. The molecule has 0 heterocycles. The number of fused-ring (bicyclic) bond motifs is 1. The normalized spacial score (nSPS) is 22.1. The van der Waals surface area contributed by atoms with Gasteiger partial charge in [-0.3, -0.25) is 0 Å². The van der Waals surface area contributed by atoms with Crippen LogP contribution in [0.1, 0.15) is 36.8 Å². The minimum Gasteiger partial charge on any atom is -0.305 e. The van der Waals surface area contributed by atoms with E-state index in [1.807, 2.05) is 6.07 Å². The van der Waals surface area contributed by atoms with Gasteiger partial charge in [0.15, 0.2) is 0 Å². The maximum atomic E-state index is 7.76. The van der Waals surface area contributed by atoms with E-state index in [-0.39, 0.29) is 0 Å². The van der Waals surface area contributed by atoms with Gasteiger partial charge in [0.25, 0.3) is 0 Å². The molecule has 0 aromatic heterocycles. The molecule has 0 fully saturated rings. The van der Waals surface area contributed by atoms with Gasteiger partial charge in [-0.25, -0.2) is 0 Å². The lowest BCUT2D eigenvalue weighted by Gasteiger charge is -2.22. The molecule has 62 valence electrons. The summed E-state index contributed by atoms with van der Waals surface area (Å²) in [5.74, 6) is 0.635. The van der Waals surface area contributed by atoms with Crippen LogP contribution in [-0.4, -0.2) is 5.71 Å². The lowest BCUT2D eigenvalue weighted by atomic mass is 9.83. The molecule has 0 radical (unpaired) electrons. The van der Waals surface area contributed by atoms with Gasteiger partial charge in [0.05, 0.1) is 0 Å². The Morgan fingerprint density at radius 1 is 1.33 bits per heavy atom. The SMILES string of the molecule is CC1CCC(=N)c2ccccc21. The Labute approximate surface area is 72.9 Å². The van der Waals surface area contributed by atoms with Crippen molar-refractivity contribution < 1.29 is 0 Å².